The van der Waals surface area contributed by atoms with E-state index in [0.29, 0.717) is 22.0 Å². The zero-order chi connectivity index (χ0) is 23.5. The molecule has 0 saturated carbocycles. The van der Waals surface area contributed by atoms with Gasteiger partial charge < -0.3 is 4.90 Å². The molecule has 1 unspecified atom stereocenters. The van der Waals surface area contributed by atoms with Crippen LogP contribution >= 0.6 is 11.6 Å². The molecule has 10 heteroatoms. The van der Waals surface area contributed by atoms with Gasteiger partial charge in [-0.15, -0.1) is 0 Å². The quantitative estimate of drug-likeness (QED) is 0.637. The van der Waals surface area contributed by atoms with E-state index in [1.807, 2.05) is 44.2 Å². The van der Waals surface area contributed by atoms with Gasteiger partial charge in [0.05, 0.1) is 11.4 Å². The molecule has 2 atom stereocenters. The monoisotopic (exact) mass is 476 g/mol. The third kappa shape index (κ3) is 5.53. The van der Waals surface area contributed by atoms with Crippen molar-refractivity contribution >= 4 is 45.0 Å². The van der Waals surface area contributed by atoms with Crippen LogP contribution in [0.2, 0.25) is 5.02 Å². The van der Waals surface area contributed by atoms with E-state index < -0.39 is 22.2 Å². The number of hydrogen-bond donors (Lipinski definition) is 2. The molecule has 0 spiro atoms. The zero-order valence-electron chi connectivity index (χ0n) is 17.8. The molecule has 2 amide bonds. The predicted molar refractivity (Wildman–Crippen MR) is 125 cm³/mol. The van der Waals surface area contributed by atoms with Crippen molar-refractivity contribution in [3.8, 4) is 0 Å². The molecule has 2 aromatic rings. The van der Waals surface area contributed by atoms with E-state index in [4.69, 9.17) is 21.7 Å². The lowest BCUT2D eigenvalue weighted by Crippen LogP contribution is -2.43. The Morgan fingerprint density at radius 3 is 2.56 bits per heavy atom. The molecule has 3 rings (SSSR count). The summed E-state index contributed by atoms with van der Waals surface area (Å²) in [5, 5.41) is 5.36. The number of carbonyl (C=O) groups excluding carboxylic acids is 2. The summed E-state index contributed by atoms with van der Waals surface area (Å²) in [6.45, 7) is 3.89. The molecule has 0 aromatic heterocycles. The molecule has 32 heavy (non-hydrogen) atoms. The fraction of sp³-hybridized carbons (Fsp3) is 0.318. The van der Waals surface area contributed by atoms with E-state index in [1.165, 1.54) is 4.90 Å². The van der Waals surface area contributed by atoms with Gasteiger partial charge in [0.25, 0.3) is 16.1 Å². The average Bonchev–Trinajstić information content (AvgIpc) is 2.85. The molecular formula is C22H25ClN4O4S. The minimum atomic E-state index is -4.18. The van der Waals surface area contributed by atoms with E-state index in [-0.39, 0.29) is 24.8 Å². The van der Waals surface area contributed by atoms with Crippen LogP contribution in [-0.2, 0) is 19.8 Å². The van der Waals surface area contributed by atoms with E-state index in [1.54, 1.807) is 22.9 Å². The number of fused-ring (bicyclic) bond motifs is 1. The van der Waals surface area contributed by atoms with Crippen molar-refractivity contribution in [1.29, 1.82) is 0 Å². The molecule has 0 fully saturated rings. The van der Waals surface area contributed by atoms with Crippen LogP contribution in [0.1, 0.15) is 37.8 Å². The van der Waals surface area contributed by atoms with Crippen molar-refractivity contribution in [2.24, 2.45) is 16.0 Å². The van der Waals surface area contributed by atoms with Gasteiger partial charge in [0, 0.05) is 29.1 Å². The Kier molecular flexibility index (Phi) is 7.33. The third-order valence-corrected chi connectivity index (χ3v) is 6.09. The highest BCUT2D eigenvalue weighted by molar-refractivity contribution is 7.87. The van der Waals surface area contributed by atoms with Crippen LogP contribution in [0.3, 0.4) is 0 Å². The smallest absolute Gasteiger partial charge is 0.298 e. The molecular weight excluding hydrogens is 452 g/mol. The summed E-state index contributed by atoms with van der Waals surface area (Å²) in [4.78, 5) is 32.0. The summed E-state index contributed by atoms with van der Waals surface area (Å²) >= 11 is 6.29. The first-order valence-corrected chi connectivity index (χ1v) is 12.1. The Labute approximate surface area is 192 Å². The molecule has 0 saturated heterocycles. The second kappa shape index (κ2) is 9.81. The fourth-order valence-electron chi connectivity index (χ4n) is 3.55. The van der Waals surface area contributed by atoms with Crippen molar-refractivity contribution in [3.05, 3.63) is 64.7 Å². The summed E-state index contributed by atoms with van der Waals surface area (Å²) in [5.74, 6) is -1.13. The van der Waals surface area contributed by atoms with Crippen molar-refractivity contribution in [2.45, 2.75) is 32.7 Å². The Morgan fingerprint density at radius 1 is 1.25 bits per heavy atom. The van der Waals surface area contributed by atoms with Crippen LogP contribution in [-0.4, -0.2) is 38.5 Å². The number of benzodiazepines with no additional fused rings is 1. The number of nitrogens with two attached hydrogens (primary N) is 1. The van der Waals surface area contributed by atoms with Gasteiger partial charge in [-0.3, -0.25) is 14.6 Å². The number of carbonyl (C=O) groups is 2. The first-order valence-electron chi connectivity index (χ1n) is 10.2. The van der Waals surface area contributed by atoms with Crippen molar-refractivity contribution in [3.63, 3.8) is 0 Å². The van der Waals surface area contributed by atoms with E-state index in [0.717, 1.165) is 12.0 Å². The standard InChI is InChI=1S/C22H25ClN4O4S/c1-3-14(2)20-22(29)27(12-11-19(28)26-32(24,30)31)18-10-9-16(23)13-17(18)21(25-20)15-7-5-4-6-8-15/h4-10,13-14,20H,3,11-12H2,1-2H3,(H,26,28)(H2,24,30,31)/t14-,20?/m0/s1. The van der Waals surface area contributed by atoms with Crippen LogP contribution in [0.5, 0.6) is 0 Å². The molecule has 8 nitrogen and oxygen atoms in total. The van der Waals surface area contributed by atoms with Gasteiger partial charge in [0.15, 0.2) is 0 Å². The second-order valence-corrected chi connectivity index (χ2v) is 9.38. The highest BCUT2D eigenvalue weighted by Gasteiger charge is 2.35. The number of halogens is 1. The Balaban J connectivity index is 2.10. The van der Waals surface area contributed by atoms with Crippen molar-refractivity contribution < 1.29 is 18.0 Å². The number of nitrogens with zero attached hydrogens (tertiary/aromatic N) is 2. The lowest BCUT2D eigenvalue weighted by molar-refractivity contribution is -0.121. The molecule has 0 aliphatic carbocycles. The largest absolute Gasteiger partial charge is 0.309 e. The maximum atomic E-state index is 13.6. The summed E-state index contributed by atoms with van der Waals surface area (Å²) < 4.78 is 24.0. The maximum absolute atomic E-state index is 13.6. The minimum Gasteiger partial charge on any atom is -0.309 e. The van der Waals surface area contributed by atoms with Gasteiger partial charge in [-0.05, 0) is 24.1 Å². The van der Waals surface area contributed by atoms with E-state index in [2.05, 4.69) is 0 Å². The first kappa shape index (κ1) is 23.9. The Bertz CT molecular complexity index is 1150. The zero-order valence-corrected chi connectivity index (χ0v) is 19.4. The first-order chi connectivity index (χ1) is 15.1. The number of hydrogen-bond acceptors (Lipinski definition) is 5. The molecule has 1 heterocycles. The number of nitrogens with one attached hydrogen (secondary N) is 1. The average molecular weight is 477 g/mol. The van der Waals surface area contributed by atoms with Crippen LogP contribution in [0.25, 0.3) is 0 Å². The van der Waals surface area contributed by atoms with Crippen molar-refractivity contribution in [2.75, 3.05) is 11.4 Å². The lowest BCUT2D eigenvalue weighted by atomic mass is 9.98. The van der Waals surface area contributed by atoms with Crippen molar-refractivity contribution in [1.82, 2.24) is 4.72 Å². The lowest BCUT2D eigenvalue weighted by Gasteiger charge is -2.27. The molecule has 0 radical (unpaired) electrons. The van der Waals surface area contributed by atoms with Gasteiger partial charge >= 0.3 is 0 Å². The van der Waals surface area contributed by atoms with Gasteiger partial charge in [0.2, 0.25) is 5.91 Å². The number of amides is 2. The van der Waals surface area contributed by atoms with Crippen LogP contribution in [0, 0.1) is 5.92 Å². The molecule has 3 N–H and O–H groups in total. The van der Waals surface area contributed by atoms with Crippen LogP contribution in [0.4, 0.5) is 5.69 Å². The van der Waals surface area contributed by atoms with E-state index in [9.17, 15) is 18.0 Å². The summed E-state index contributed by atoms with van der Waals surface area (Å²) in [6.07, 6.45) is 0.469. The minimum absolute atomic E-state index is 0.0423. The van der Waals surface area contributed by atoms with Gasteiger partial charge in [0.1, 0.15) is 6.04 Å². The number of anilines is 1. The molecule has 2 aromatic carbocycles. The maximum Gasteiger partial charge on any atom is 0.298 e. The van der Waals surface area contributed by atoms with Crippen LogP contribution in [0.15, 0.2) is 53.5 Å². The topological polar surface area (TPSA) is 122 Å². The fourth-order valence-corrected chi connectivity index (χ4v) is 4.14. The van der Waals surface area contributed by atoms with Gasteiger partial charge in [-0.25, -0.2) is 9.86 Å². The predicted octanol–water partition coefficient (Wildman–Crippen LogP) is 2.65. The summed E-state index contributed by atoms with van der Waals surface area (Å²) in [5.41, 5.74) is 2.69. The van der Waals surface area contributed by atoms with Crippen LogP contribution < -0.4 is 14.8 Å². The normalized spacial score (nSPS) is 17.2. The van der Waals surface area contributed by atoms with Gasteiger partial charge in [-0.2, -0.15) is 8.42 Å². The SMILES string of the molecule is CC[C@H](C)C1N=C(c2ccccc2)c2cc(Cl)ccc2N(CCC(=O)NS(N)(=O)=O)C1=O. The molecule has 0 bridgehead atoms. The molecule has 170 valence electrons. The number of benzene rings is 2. The number of aliphatic imine (C=N–C) groups is 1. The number of rotatable bonds is 7. The van der Waals surface area contributed by atoms with Gasteiger partial charge in [-0.1, -0.05) is 62.2 Å². The highest BCUT2D eigenvalue weighted by Crippen LogP contribution is 2.33. The summed E-state index contributed by atoms with van der Waals surface area (Å²) in [6, 6.07) is 13.9. The molecule has 1 aliphatic rings. The summed E-state index contributed by atoms with van der Waals surface area (Å²) in [7, 11) is -4.18. The second-order valence-electron chi connectivity index (χ2n) is 7.65. The third-order valence-electron chi connectivity index (χ3n) is 5.34. The molecule has 1 aliphatic heterocycles. The highest BCUT2D eigenvalue weighted by atomic mass is 35.5. The Hall–Kier alpha value is -2.75. The van der Waals surface area contributed by atoms with E-state index >= 15 is 0 Å². The Morgan fingerprint density at radius 2 is 1.94 bits per heavy atom.